The minimum atomic E-state index is -0.151. The van der Waals surface area contributed by atoms with Gasteiger partial charge in [0.2, 0.25) is 5.91 Å². The molecule has 0 saturated carbocycles. The Morgan fingerprint density at radius 2 is 2.20 bits per heavy atom. The number of carbonyl (C=O) groups excluding carboxylic acids is 2. The van der Waals surface area contributed by atoms with Crippen molar-refractivity contribution in [1.82, 2.24) is 4.90 Å². The van der Waals surface area contributed by atoms with Crippen molar-refractivity contribution >= 4 is 12.2 Å². The van der Waals surface area contributed by atoms with Crippen LogP contribution in [-0.4, -0.2) is 36.7 Å². The monoisotopic (exact) mass is 214 g/mol. The molecule has 0 bridgehead atoms. The van der Waals surface area contributed by atoms with Crippen molar-refractivity contribution in [3.05, 3.63) is 0 Å². The predicted octanol–water partition coefficient (Wildman–Crippen LogP) is 0.797. The van der Waals surface area contributed by atoms with E-state index in [0.29, 0.717) is 0 Å². The first-order chi connectivity index (χ1) is 7.20. The number of likely N-dealkylation sites (tertiary alicyclic amines) is 1. The van der Waals surface area contributed by atoms with Gasteiger partial charge in [0.15, 0.2) is 0 Å². The largest absolute Gasteiger partial charge is 0.333 e. The highest BCUT2D eigenvalue weighted by atomic mass is 16.2. The zero-order valence-electron chi connectivity index (χ0n) is 9.90. The quantitative estimate of drug-likeness (QED) is 0.707. The molecule has 0 radical (unpaired) electrons. The predicted molar refractivity (Wildman–Crippen MR) is 60.4 cm³/mol. The van der Waals surface area contributed by atoms with Gasteiger partial charge in [-0.05, 0) is 26.3 Å². The van der Waals surface area contributed by atoms with Crippen LogP contribution in [0.5, 0.6) is 0 Å². The first kappa shape index (κ1) is 14.1. The topological polar surface area (TPSA) is 63.4 Å². The SMILES string of the molecule is CCC(C)C(=O)N1CCCC1C=O.CN. The molecule has 0 aliphatic carbocycles. The highest BCUT2D eigenvalue weighted by Crippen LogP contribution is 2.19. The highest BCUT2D eigenvalue weighted by molar-refractivity contribution is 5.82. The van der Waals surface area contributed by atoms with Gasteiger partial charge in [0.05, 0.1) is 6.04 Å². The van der Waals surface area contributed by atoms with Crippen molar-refractivity contribution < 1.29 is 9.59 Å². The van der Waals surface area contributed by atoms with Crippen LogP contribution in [-0.2, 0) is 9.59 Å². The summed E-state index contributed by atoms with van der Waals surface area (Å²) in [4.78, 5) is 24.1. The Morgan fingerprint density at radius 1 is 1.60 bits per heavy atom. The molecule has 0 aromatic carbocycles. The molecule has 88 valence electrons. The van der Waals surface area contributed by atoms with E-state index in [4.69, 9.17) is 0 Å². The summed E-state index contributed by atoms with van der Waals surface area (Å²) >= 11 is 0. The van der Waals surface area contributed by atoms with E-state index >= 15 is 0 Å². The third-order valence-corrected chi connectivity index (χ3v) is 2.77. The zero-order chi connectivity index (χ0) is 11.8. The van der Waals surface area contributed by atoms with Crippen molar-refractivity contribution in [2.24, 2.45) is 11.7 Å². The molecular weight excluding hydrogens is 192 g/mol. The van der Waals surface area contributed by atoms with Crippen LogP contribution in [0.2, 0.25) is 0 Å². The van der Waals surface area contributed by atoms with Crippen LogP contribution in [0.3, 0.4) is 0 Å². The summed E-state index contributed by atoms with van der Waals surface area (Å²) in [5.41, 5.74) is 4.50. The number of hydrogen-bond donors (Lipinski definition) is 1. The lowest BCUT2D eigenvalue weighted by Gasteiger charge is -2.23. The van der Waals surface area contributed by atoms with E-state index in [-0.39, 0.29) is 17.9 Å². The Labute approximate surface area is 91.8 Å². The van der Waals surface area contributed by atoms with Gasteiger partial charge < -0.3 is 15.4 Å². The minimum absolute atomic E-state index is 0.0561. The second kappa shape index (κ2) is 7.40. The molecule has 0 spiro atoms. The van der Waals surface area contributed by atoms with E-state index < -0.39 is 0 Å². The first-order valence-electron chi connectivity index (χ1n) is 5.54. The van der Waals surface area contributed by atoms with Crippen molar-refractivity contribution in [1.29, 1.82) is 0 Å². The van der Waals surface area contributed by atoms with Crippen LogP contribution in [0.1, 0.15) is 33.1 Å². The molecule has 1 amide bonds. The molecule has 4 heteroatoms. The van der Waals surface area contributed by atoms with E-state index in [2.05, 4.69) is 5.73 Å². The fourth-order valence-electron chi connectivity index (χ4n) is 1.67. The average molecular weight is 214 g/mol. The molecule has 2 atom stereocenters. The van der Waals surface area contributed by atoms with Gasteiger partial charge in [0.1, 0.15) is 6.29 Å². The molecule has 2 unspecified atom stereocenters. The Hall–Kier alpha value is -0.900. The Bertz CT molecular complexity index is 207. The number of aldehydes is 1. The molecule has 2 N–H and O–H groups in total. The van der Waals surface area contributed by atoms with E-state index in [1.165, 1.54) is 7.05 Å². The van der Waals surface area contributed by atoms with Gasteiger partial charge >= 0.3 is 0 Å². The number of carbonyl (C=O) groups is 2. The molecular formula is C11H22N2O2. The van der Waals surface area contributed by atoms with Crippen LogP contribution in [0.25, 0.3) is 0 Å². The number of nitrogens with zero attached hydrogens (tertiary/aromatic N) is 1. The van der Waals surface area contributed by atoms with Crippen molar-refractivity contribution in [2.75, 3.05) is 13.6 Å². The first-order valence-corrected chi connectivity index (χ1v) is 5.54. The summed E-state index contributed by atoms with van der Waals surface area (Å²) in [6.45, 7) is 4.67. The number of hydrogen-bond acceptors (Lipinski definition) is 3. The lowest BCUT2D eigenvalue weighted by molar-refractivity contribution is -0.138. The maximum Gasteiger partial charge on any atom is 0.225 e. The van der Waals surface area contributed by atoms with Crippen LogP contribution < -0.4 is 5.73 Å². The molecule has 0 aromatic rings. The molecule has 1 rings (SSSR count). The van der Waals surface area contributed by atoms with E-state index in [1.807, 2.05) is 13.8 Å². The Kier molecular flexibility index (Phi) is 6.96. The average Bonchev–Trinajstić information content (AvgIpc) is 2.77. The molecule has 1 aliphatic heterocycles. The molecule has 0 aromatic heterocycles. The summed E-state index contributed by atoms with van der Waals surface area (Å²) in [7, 11) is 1.50. The minimum Gasteiger partial charge on any atom is -0.333 e. The van der Waals surface area contributed by atoms with Crippen LogP contribution in [0.4, 0.5) is 0 Å². The van der Waals surface area contributed by atoms with Crippen molar-refractivity contribution in [3.63, 3.8) is 0 Å². The van der Waals surface area contributed by atoms with Crippen molar-refractivity contribution in [3.8, 4) is 0 Å². The van der Waals surface area contributed by atoms with Gasteiger partial charge in [-0.15, -0.1) is 0 Å². The summed E-state index contributed by atoms with van der Waals surface area (Å²) in [5.74, 6) is 0.192. The van der Waals surface area contributed by atoms with E-state index in [9.17, 15) is 9.59 Å². The lowest BCUT2D eigenvalue weighted by atomic mass is 10.1. The normalized spacial score (nSPS) is 21.6. The molecule has 1 saturated heterocycles. The summed E-state index contributed by atoms with van der Waals surface area (Å²) in [6, 6.07) is -0.151. The van der Waals surface area contributed by atoms with Gasteiger partial charge in [-0.1, -0.05) is 13.8 Å². The van der Waals surface area contributed by atoms with Gasteiger partial charge in [-0.2, -0.15) is 0 Å². The van der Waals surface area contributed by atoms with E-state index in [1.54, 1.807) is 4.90 Å². The summed E-state index contributed by atoms with van der Waals surface area (Å²) in [6.07, 6.45) is 3.55. The van der Waals surface area contributed by atoms with Gasteiger partial charge in [0.25, 0.3) is 0 Å². The van der Waals surface area contributed by atoms with Crippen LogP contribution >= 0.6 is 0 Å². The molecule has 1 aliphatic rings. The van der Waals surface area contributed by atoms with Gasteiger partial charge in [0, 0.05) is 12.5 Å². The summed E-state index contributed by atoms with van der Waals surface area (Å²) < 4.78 is 0. The van der Waals surface area contributed by atoms with Crippen LogP contribution in [0.15, 0.2) is 0 Å². The zero-order valence-corrected chi connectivity index (χ0v) is 9.90. The van der Waals surface area contributed by atoms with E-state index in [0.717, 1.165) is 32.1 Å². The fraction of sp³-hybridized carbons (Fsp3) is 0.818. The third-order valence-electron chi connectivity index (χ3n) is 2.77. The fourth-order valence-corrected chi connectivity index (χ4v) is 1.67. The molecule has 1 heterocycles. The second-order valence-electron chi connectivity index (χ2n) is 3.69. The Balaban J connectivity index is 0.000000921. The molecule has 1 fully saturated rings. The van der Waals surface area contributed by atoms with Crippen molar-refractivity contribution in [2.45, 2.75) is 39.2 Å². The molecule has 15 heavy (non-hydrogen) atoms. The Morgan fingerprint density at radius 3 is 2.67 bits per heavy atom. The van der Waals surface area contributed by atoms with Gasteiger partial charge in [-0.25, -0.2) is 0 Å². The second-order valence-corrected chi connectivity index (χ2v) is 3.69. The maximum absolute atomic E-state index is 11.7. The molecule has 4 nitrogen and oxygen atoms in total. The maximum atomic E-state index is 11.7. The summed E-state index contributed by atoms with van der Waals surface area (Å²) in [5, 5.41) is 0. The smallest absolute Gasteiger partial charge is 0.225 e. The van der Waals surface area contributed by atoms with Crippen LogP contribution in [0, 0.1) is 5.92 Å². The highest BCUT2D eigenvalue weighted by Gasteiger charge is 2.30. The van der Waals surface area contributed by atoms with Gasteiger partial charge in [-0.3, -0.25) is 4.79 Å². The number of rotatable bonds is 3. The number of nitrogens with two attached hydrogens (primary N) is 1. The standard InChI is InChI=1S/C10H17NO2.CH5N/c1-3-8(2)10(13)11-6-4-5-9(11)7-12;1-2/h7-9H,3-6H2,1-2H3;2H2,1H3. The lowest BCUT2D eigenvalue weighted by Crippen LogP contribution is -2.39. The number of amides is 1. The third kappa shape index (κ3) is 3.63.